The Morgan fingerprint density at radius 3 is 1.95 bits per heavy atom. The monoisotopic (exact) mass is 275 g/mol. The van der Waals surface area contributed by atoms with Gasteiger partial charge in [-0.3, -0.25) is 20.2 Å². The van der Waals surface area contributed by atoms with Crippen LogP contribution in [0.25, 0.3) is 0 Å². The molecule has 0 bridgehead atoms. The summed E-state index contributed by atoms with van der Waals surface area (Å²) in [7, 11) is -3.30. The van der Waals surface area contributed by atoms with Gasteiger partial charge in [-0.05, 0) is 24.1 Å². The molecule has 2 rings (SSSR count). The standard InChI is InChI=1S/C14H18N3OP/c15-19(16,18)17(14-9-5-2-6-10-14)12-11-13-7-3-1-4-8-13/h1-10H,11-12H2,(H4,15,16,18). The molecule has 0 heterocycles. The highest BCUT2D eigenvalue weighted by Gasteiger charge is 2.21. The fourth-order valence-corrected chi connectivity index (χ4v) is 2.85. The topological polar surface area (TPSA) is 72.3 Å². The van der Waals surface area contributed by atoms with E-state index in [1.165, 1.54) is 0 Å². The van der Waals surface area contributed by atoms with E-state index in [2.05, 4.69) is 0 Å². The molecule has 0 aromatic heterocycles. The van der Waals surface area contributed by atoms with Crippen molar-refractivity contribution in [2.24, 2.45) is 11.0 Å². The first-order valence-electron chi connectivity index (χ1n) is 6.11. The predicted molar refractivity (Wildman–Crippen MR) is 79.9 cm³/mol. The van der Waals surface area contributed by atoms with E-state index in [-0.39, 0.29) is 0 Å². The second kappa shape index (κ2) is 6.02. The van der Waals surface area contributed by atoms with Crippen LogP contribution in [0.5, 0.6) is 0 Å². The molecule has 0 atom stereocenters. The molecule has 0 spiro atoms. The third kappa shape index (κ3) is 3.93. The van der Waals surface area contributed by atoms with Crippen LogP contribution in [0, 0.1) is 0 Å². The van der Waals surface area contributed by atoms with Crippen molar-refractivity contribution in [2.75, 3.05) is 11.2 Å². The molecule has 0 fully saturated rings. The Morgan fingerprint density at radius 2 is 1.42 bits per heavy atom. The summed E-state index contributed by atoms with van der Waals surface area (Å²) >= 11 is 0. The molecule has 0 aliphatic carbocycles. The smallest absolute Gasteiger partial charge is 0.299 e. The van der Waals surface area contributed by atoms with Crippen LogP contribution >= 0.6 is 7.59 Å². The molecule has 0 aliphatic heterocycles. The average Bonchev–Trinajstić information content (AvgIpc) is 2.40. The van der Waals surface area contributed by atoms with Crippen molar-refractivity contribution < 1.29 is 4.57 Å². The number of rotatable bonds is 5. The Hall–Kier alpha value is -1.61. The largest absolute Gasteiger partial charge is 0.300 e. The van der Waals surface area contributed by atoms with Crippen LogP contribution in [0.3, 0.4) is 0 Å². The van der Waals surface area contributed by atoms with E-state index < -0.39 is 7.59 Å². The Kier molecular flexibility index (Phi) is 4.38. The summed E-state index contributed by atoms with van der Waals surface area (Å²) in [5.41, 5.74) is 13.2. The molecule has 4 N–H and O–H groups in total. The summed E-state index contributed by atoms with van der Waals surface area (Å²) in [6, 6.07) is 19.4. The van der Waals surface area contributed by atoms with Crippen molar-refractivity contribution in [3.63, 3.8) is 0 Å². The Balaban J connectivity index is 2.14. The number of nitrogens with zero attached hydrogens (tertiary/aromatic N) is 1. The zero-order chi connectivity index (χ0) is 13.7. The minimum Gasteiger partial charge on any atom is -0.299 e. The number of hydrogen-bond acceptors (Lipinski definition) is 1. The number of benzene rings is 2. The molecule has 0 amide bonds. The van der Waals surface area contributed by atoms with Crippen LogP contribution in [0.2, 0.25) is 0 Å². The average molecular weight is 275 g/mol. The van der Waals surface area contributed by atoms with Gasteiger partial charge in [-0.15, -0.1) is 0 Å². The molecule has 0 unspecified atom stereocenters. The third-order valence-corrected chi connectivity index (χ3v) is 4.07. The van der Waals surface area contributed by atoms with E-state index in [0.29, 0.717) is 6.54 Å². The number of nitrogens with two attached hydrogens (primary N) is 2. The number of para-hydroxylation sites is 1. The molecule has 19 heavy (non-hydrogen) atoms. The quantitative estimate of drug-likeness (QED) is 0.823. The van der Waals surface area contributed by atoms with Crippen molar-refractivity contribution in [3.05, 3.63) is 66.2 Å². The Bertz CT molecular complexity index is 553. The summed E-state index contributed by atoms with van der Waals surface area (Å²) in [5.74, 6) is 0. The molecule has 100 valence electrons. The lowest BCUT2D eigenvalue weighted by Gasteiger charge is -2.27. The van der Waals surface area contributed by atoms with Crippen molar-refractivity contribution in [2.45, 2.75) is 6.42 Å². The van der Waals surface area contributed by atoms with Crippen LogP contribution in [0.4, 0.5) is 5.69 Å². The van der Waals surface area contributed by atoms with E-state index >= 15 is 0 Å². The Labute approximate surface area is 113 Å². The second-order valence-electron chi connectivity index (χ2n) is 4.37. The molecule has 4 nitrogen and oxygen atoms in total. The zero-order valence-electron chi connectivity index (χ0n) is 10.6. The summed E-state index contributed by atoms with van der Waals surface area (Å²) in [5, 5.41) is 0. The second-order valence-corrected chi connectivity index (χ2v) is 6.19. The summed E-state index contributed by atoms with van der Waals surface area (Å²) in [6.07, 6.45) is 0.744. The van der Waals surface area contributed by atoms with Gasteiger partial charge in [-0.2, -0.15) is 0 Å². The maximum atomic E-state index is 12.0. The number of hydrogen-bond donors (Lipinski definition) is 2. The van der Waals surface area contributed by atoms with Gasteiger partial charge in [0, 0.05) is 12.2 Å². The summed E-state index contributed by atoms with van der Waals surface area (Å²) < 4.78 is 13.6. The first-order valence-corrected chi connectivity index (χ1v) is 7.91. The fraction of sp³-hybridized carbons (Fsp3) is 0.143. The molecule has 2 aromatic rings. The van der Waals surface area contributed by atoms with Crippen LogP contribution in [0.1, 0.15) is 5.56 Å². The van der Waals surface area contributed by atoms with E-state index in [9.17, 15) is 4.57 Å². The van der Waals surface area contributed by atoms with Crippen LogP contribution in [0.15, 0.2) is 60.7 Å². The van der Waals surface area contributed by atoms with Gasteiger partial charge in [0.25, 0.3) is 0 Å². The maximum absolute atomic E-state index is 12.0. The summed E-state index contributed by atoms with van der Waals surface area (Å²) in [4.78, 5) is 0. The minimum absolute atomic E-state index is 0.526. The van der Waals surface area contributed by atoms with E-state index in [1.807, 2.05) is 60.7 Å². The van der Waals surface area contributed by atoms with Gasteiger partial charge in [0.1, 0.15) is 0 Å². The summed E-state index contributed by atoms with van der Waals surface area (Å²) in [6.45, 7) is 0.526. The lowest BCUT2D eigenvalue weighted by Crippen LogP contribution is -2.30. The third-order valence-electron chi connectivity index (χ3n) is 2.89. The predicted octanol–water partition coefficient (Wildman–Crippen LogP) is 2.76. The van der Waals surface area contributed by atoms with Crippen LogP contribution in [-0.4, -0.2) is 6.54 Å². The zero-order valence-corrected chi connectivity index (χ0v) is 11.5. The Morgan fingerprint density at radius 1 is 0.895 bits per heavy atom. The van der Waals surface area contributed by atoms with Crippen molar-refractivity contribution >= 4 is 13.3 Å². The van der Waals surface area contributed by atoms with Crippen molar-refractivity contribution in [1.82, 2.24) is 0 Å². The molecule has 0 aliphatic rings. The maximum Gasteiger partial charge on any atom is 0.300 e. The van der Waals surface area contributed by atoms with Gasteiger partial charge < -0.3 is 0 Å². The van der Waals surface area contributed by atoms with Crippen LogP contribution < -0.4 is 15.7 Å². The van der Waals surface area contributed by atoms with E-state index in [4.69, 9.17) is 11.0 Å². The van der Waals surface area contributed by atoms with E-state index in [1.54, 1.807) is 4.67 Å². The SMILES string of the molecule is NP(N)(=O)N(CCc1ccccc1)c1ccccc1. The lowest BCUT2D eigenvalue weighted by molar-refractivity contribution is 0.572. The molecular weight excluding hydrogens is 257 g/mol. The lowest BCUT2D eigenvalue weighted by atomic mass is 10.1. The van der Waals surface area contributed by atoms with Gasteiger partial charge in [-0.25, -0.2) is 0 Å². The normalized spacial score (nSPS) is 11.3. The van der Waals surface area contributed by atoms with E-state index in [0.717, 1.165) is 17.7 Å². The first-order chi connectivity index (χ1) is 9.07. The number of anilines is 1. The first kappa shape index (κ1) is 13.8. The van der Waals surface area contributed by atoms with Crippen molar-refractivity contribution in [1.29, 1.82) is 0 Å². The highest BCUT2D eigenvalue weighted by Crippen LogP contribution is 2.36. The van der Waals surface area contributed by atoms with Crippen molar-refractivity contribution in [3.8, 4) is 0 Å². The van der Waals surface area contributed by atoms with Crippen LogP contribution in [-0.2, 0) is 11.0 Å². The van der Waals surface area contributed by atoms with Gasteiger partial charge >= 0.3 is 7.59 Å². The van der Waals surface area contributed by atoms with Gasteiger partial charge in [0.2, 0.25) is 0 Å². The van der Waals surface area contributed by atoms with Gasteiger partial charge in [0.05, 0.1) is 0 Å². The highest BCUT2D eigenvalue weighted by atomic mass is 31.2. The molecule has 5 heteroatoms. The molecule has 0 saturated carbocycles. The van der Waals surface area contributed by atoms with Gasteiger partial charge in [0.15, 0.2) is 0 Å². The molecule has 0 saturated heterocycles. The molecule has 2 aromatic carbocycles. The minimum atomic E-state index is -3.30. The molecule has 0 radical (unpaired) electrons. The fourth-order valence-electron chi connectivity index (χ4n) is 1.95. The highest BCUT2D eigenvalue weighted by molar-refractivity contribution is 7.60. The molecular formula is C14H18N3OP. The van der Waals surface area contributed by atoms with Gasteiger partial charge in [-0.1, -0.05) is 48.5 Å².